The highest BCUT2D eigenvalue weighted by Gasteiger charge is 2.45. The van der Waals surface area contributed by atoms with E-state index in [4.69, 9.17) is 13.3 Å². The molecule has 4 aliphatic heterocycles. The molecule has 4 saturated heterocycles. The Labute approximate surface area is 139 Å². The van der Waals surface area contributed by atoms with Crippen LogP contribution < -0.4 is 0 Å². The number of fused-ring (bicyclic) bond motifs is 6. The predicted molar refractivity (Wildman–Crippen MR) is 89.8 cm³/mol. The van der Waals surface area contributed by atoms with Crippen LogP contribution in [0.25, 0.3) is 0 Å². The highest BCUT2D eigenvalue weighted by Crippen LogP contribution is 2.44. The molecular weight excluding hydrogens is 335 g/mol. The van der Waals surface area contributed by atoms with Gasteiger partial charge in [-0.15, -0.1) is 0 Å². The van der Waals surface area contributed by atoms with Crippen LogP contribution in [0, 0.1) is 0 Å². The molecule has 0 aromatic carbocycles. The third kappa shape index (κ3) is 5.34. The molecule has 4 fully saturated rings. The minimum absolute atomic E-state index is 0.236. The van der Waals surface area contributed by atoms with Crippen LogP contribution >= 0.6 is 7.37 Å². The Morgan fingerprint density at radius 1 is 0.913 bits per heavy atom. The van der Waals surface area contributed by atoms with Crippen molar-refractivity contribution in [2.45, 2.75) is 25.3 Å². The number of piperidine rings is 1. The van der Waals surface area contributed by atoms with E-state index in [1.807, 2.05) is 0 Å². The van der Waals surface area contributed by atoms with Crippen molar-refractivity contribution in [2.24, 2.45) is 0 Å². The zero-order valence-electron chi connectivity index (χ0n) is 13.8. The van der Waals surface area contributed by atoms with E-state index in [0.29, 0.717) is 32.2 Å². The van der Waals surface area contributed by atoms with Crippen molar-refractivity contribution < 1.29 is 22.7 Å². The van der Waals surface area contributed by atoms with Crippen LogP contribution in [0.1, 0.15) is 19.3 Å². The van der Waals surface area contributed by atoms with Gasteiger partial charge in [0.1, 0.15) is 0 Å². The zero-order valence-corrected chi connectivity index (χ0v) is 15.7. The van der Waals surface area contributed by atoms with Gasteiger partial charge in [-0.3, -0.25) is 14.4 Å². The summed E-state index contributed by atoms with van der Waals surface area (Å²) in [5.74, 6) is 0. The Bertz CT molecular complexity index is 409. The molecule has 0 saturated carbocycles. The van der Waals surface area contributed by atoms with Gasteiger partial charge in [0.05, 0.1) is 26.1 Å². The molecule has 0 aromatic heterocycles. The summed E-state index contributed by atoms with van der Waals surface area (Å²) in [6.45, 7) is 6.33. The van der Waals surface area contributed by atoms with Gasteiger partial charge >= 0.3 is 8.80 Å². The minimum Gasteiger partial charge on any atom is -0.372 e. The van der Waals surface area contributed by atoms with E-state index in [1.165, 1.54) is 6.42 Å². The summed E-state index contributed by atoms with van der Waals surface area (Å²) < 4.78 is 30.4. The van der Waals surface area contributed by atoms with E-state index in [0.717, 1.165) is 45.6 Å². The first kappa shape index (κ1) is 18.0. The summed E-state index contributed by atoms with van der Waals surface area (Å²) in [5, 5.41) is 0. The molecule has 2 bridgehead atoms. The lowest BCUT2D eigenvalue weighted by molar-refractivity contribution is -0.00747. The summed E-state index contributed by atoms with van der Waals surface area (Å²) in [7, 11) is -5.98. The quantitative estimate of drug-likeness (QED) is 0.577. The van der Waals surface area contributed by atoms with Crippen LogP contribution in [0.15, 0.2) is 0 Å². The monoisotopic (exact) mass is 364 g/mol. The van der Waals surface area contributed by atoms with Crippen LogP contribution in [0.3, 0.4) is 0 Å². The van der Waals surface area contributed by atoms with Gasteiger partial charge in [0.2, 0.25) is 7.37 Å². The number of nitrogens with zero attached hydrogens (tertiary/aromatic N) is 2. The summed E-state index contributed by atoms with van der Waals surface area (Å²) in [4.78, 5) is 14.8. The van der Waals surface area contributed by atoms with Crippen molar-refractivity contribution in [1.29, 1.82) is 0 Å². The fourth-order valence-corrected chi connectivity index (χ4v) is 8.90. The molecule has 0 aromatic rings. The first-order valence-electron chi connectivity index (χ1n) is 8.74. The average molecular weight is 364 g/mol. The van der Waals surface area contributed by atoms with Crippen LogP contribution in [-0.2, 0) is 17.8 Å². The van der Waals surface area contributed by atoms with Crippen LogP contribution in [0.4, 0.5) is 0 Å². The van der Waals surface area contributed by atoms with Gasteiger partial charge in [-0.1, -0.05) is 6.42 Å². The fourth-order valence-electron chi connectivity index (χ4n) is 3.46. The molecule has 1 atom stereocenters. The largest absolute Gasteiger partial charge is 0.501 e. The van der Waals surface area contributed by atoms with Gasteiger partial charge in [-0.25, -0.2) is 0 Å². The van der Waals surface area contributed by atoms with Gasteiger partial charge in [0.25, 0.3) is 0 Å². The lowest BCUT2D eigenvalue weighted by Gasteiger charge is -2.38. The molecule has 0 aliphatic carbocycles. The molecule has 23 heavy (non-hydrogen) atoms. The molecule has 1 N–H and O–H groups in total. The molecule has 9 heteroatoms. The van der Waals surface area contributed by atoms with E-state index in [-0.39, 0.29) is 6.16 Å². The third-order valence-corrected chi connectivity index (χ3v) is 9.80. The zero-order chi connectivity index (χ0) is 16.2. The van der Waals surface area contributed by atoms with E-state index in [9.17, 15) is 9.46 Å². The van der Waals surface area contributed by atoms with Gasteiger partial charge in [0, 0.05) is 31.8 Å². The molecular formula is C14H29N2O5PSi. The maximum absolute atomic E-state index is 12.6. The number of likely N-dealkylation sites (tertiary alicyclic amines) is 1. The van der Waals surface area contributed by atoms with Crippen molar-refractivity contribution in [1.82, 2.24) is 9.80 Å². The first-order chi connectivity index (χ1) is 11.1. The lowest BCUT2D eigenvalue weighted by atomic mass is 10.1. The smallest absolute Gasteiger partial charge is 0.372 e. The molecule has 4 rings (SSSR count). The van der Waals surface area contributed by atoms with E-state index in [2.05, 4.69) is 9.80 Å². The Hall–Kier alpha value is 0.207. The number of hydrogen-bond acceptors (Lipinski definition) is 6. The van der Waals surface area contributed by atoms with E-state index < -0.39 is 16.2 Å². The molecule has 0 spiro atoms. The topological polar surface area (TPSA) is 71.5 Å². The van der Waals surface area contributed by atoms with Gasteiger partial charge in [-0.2, -0.15) is 0 Å². The SMILES string of the molecule is O=P(O)(CC[Si]12OCCN(CCO1)CCO2)CN1CCCCC1. The molecule has 0 amide bonds. The Morgan fingerprint density at radius 3 is 2.04 bits per heavy atom. The third-order valence-electron chi connectivity index (χ3n) is 4.83. The Kier molecular flexibility index (Phi) is 6.31. The molecule has 0 radical (unpaired) electrons. The number of rotatable bonds is 5. The summed E-state index contributed by atoms with van der Waals surface area (Å²) in [6.07, 6.45) is 4.02. The van der Waals surface area contributed by atoms with Crippen LogP contribution in [0.2, 0.25) is 6.04 Å². The van der Waals surface area contributed by atoms with Crippen molar-refractivity contribution in [2.75, 3.05) is 65.0 Å². The first-order valence-corrected chi connectivity index (χ1v) is 12.7. The second-order valence-corrected chi connectivity index (χ2v) is 11.9. The maximum atomic E-state index is 12.6. The maximum Gasteiger partial charge on any atom is 0.501 e. The van der Waals surface area contributed by atoms with Gasteiger partial charge in [0.15, 0.2) is 0 Å². The minimum atomic E-state index is -3.20. The molecule has 4 heterocycles. The van der Waals surface area contributed by atoms with Crippen molar-refractivity contribution in [3.63, 3.8) is 0 Å². The predicted octanol–water partition coefficient (Wildman–Crippen LogP) is 1.02. The lowest BCUT2D eigenvalue weighted by Crippen LogP contribution is -2.55. The fraction of sp³-hybridized carbons (Fsp3) is 1.00. The normalized spacial score (nSPS) is 36.0. The summed E-state index contributed by atoms with van der Waals surface area (Å²) >= 11 is 0. The van der Waals surface area contributed by atoms with Crippen molar-refractivity contribution in [3.05, 3.63) is 0 Å². The molecule has 134 valence electrons. The van der Waals surface area contributed by atoms with Gasteiger partial charge < -0.3 is 18.2 Å². The van der Waals surface area contributed by atoms with E-state index in [1.54, 1.807) is 0 Å². The van der Waals surface area contributed by atoms with Crippen LogP contribution in [-0.4, -0.2) is 88.5 Å². The summed E-state index contributed by atoms with van der Waals surface area (Å²) in [5.41, 5.74) is 0. The summed E-state index contributed by atoms with van der Waals surface area (Å²) in [6, 6.07) is 0.453. The second kappa shape index (κ2) is 8.06. The van der Waals surface area contributed by atoms with Crippen molar-refractivity contribution in [3.8, 4) is 0 Å². The highest BCUT2D eigenvalue weighted by molar-refractivity contribution is 7.58. The Balaban J connectivity index is 1.54. The molecule has 1 unspecified atom stereocenters. The second-order valence-electron chi connectivity index (χ2n) is 6.71. The Morgan fingerprint density at radius 2 is 1.48 bits per heavy atom. The standard InChI is InChI=1S/C14H29N2O5PSi/c17-22(18,14-16-4-2-1-3-5-16)12-13-23-19-9-6-15(7-10-20-23)8-11-21-23/h1-14H2,(H,17,18). The van der Waals surface area contributed by atoms with E-state index >= 15 is 0 Å². The molecule has 7 nitrogen and oxygen atoms in total. The van der Waals surface area contributed by atoms with Gasteiger partial charge in [-0.05, 0) is 25.9 Å². The number of hydrogen-bond donors (Lipinski definition) is 1. The van der Waals surface area contributed by atoms with Crippen molar-refractivity contribution >= 4 is 16.2 Å². The average Bonchev–Trinajstić information content (AvgIpc) is 2.45. The highest BCUT2D eigenvalue weighted by atomic mass is 31.2. The molecule has 4 aliphatic rings. The van der Waals surface area contributed by atoms with Crippen LogP contribution in [0.5, 0.6) is 0 Å².